The largest absolute Gasteiger partial charge is 0.508 e. The molecular weight excluding hydrogens is 713 g/mol. The second-order valence-corrected chi connectivity index (χ2v) is 15.5. The summed E-state index contributed by atoms with van der Waals surface area (Å²) in [6.45, 7) is 0. The lowest BCUT2D eigenvalue weighted by Crippen LogP contribution is -2.58. The van der Waals surface area contributed by atoms with Crippen LogP contribution in [0.4, 0.5) is 22.7 Å². The van der Waals surface area contributed by atoms with Crippen molar-refractivity contribution in [3.8, 4) is 5.75 Å². The first-order valence-electron chi connectivity index (χ1n) is 19.2. The fraction of sp³-hybridized carbons (Fsp3) is 0.208. The summed E-state index contributed by atoms with van der Waals surface area (Å²) in [5.41, 5.74) is 4.59. The van der Waals surface area contributed by atoms with Crippen molar-refractivity contribution in [1.29, 1.82) is 0 Å². The van der Waals surface area contributed by atoms with Crippen molar-refractivity contribution >= 4 is 51.7 Å². The molecule has 1 saturated carbocycles. The van der Waals surface area contributed by atoms with Crippen LogP contribution in [0.5, 0.6) is 5.75 Å². The lowest BCUT2D eigenvalue weighted by atomic mass is 9.44. The molecule has 3 aliphatic carbocycles. The van der Waals surface area contributed by atoms with Crippen LogP contribution in [0.2, 0.25) is 0 Å². The van der Waals surface area contributed by atoms with Crippen LogP contribution in [0.15, 0.2) is 161 Å². The van der Waals surface area contributed by atoms with Crippen LogP contribution in [-0.4, -0.2) is 42.6 Å². The molecule has 9 nitrogen and oxygen atoms in total. The summed E-state index contributed by atoms with van der Waals surface area (Å²) in [6, 6.07) is 40.1. The number of hydrogen-bond donors (Lipinski definition) is 1. The highest BCUT2D eigenvalue weighted by atomic mass is 16.3. The van der Waals surface area contributed by atoms with E-state index >= 15 is 9.59 Å². The molecule has 1 saturated heterocycles. The fourth-order valence-corrected chi connectivity index (χ4v) is 9.81. The molecule has 2 amide bonds. The number of azo groups is 1. The first kappa shape index (κ1) is 35.9. The number of fused-ring (bicyclic) bond motifs is 4. The maximum atomic E-state index is 15.1. The summed E-state index contributed by atoms with van der Waals surface area (Å²) in [4.78, 5) is 62.5. The summed E-state index contributed by atoms with van der Waals surface area (Å²) in [6.07, 6.45) is 4.03. The number of nitrogens with zero attached hydrogens (tertiary/aromatic N) is 4. The average Bonchev–Trinajstić information content (AvgIpc) is 3.50. The van der Waals surface area contributed by atoms with Gasteiger partial charge in [0.25, 0.3) is 0 Å². The topological polar surface area (TPSA) is 120 Å². The summed E-state index contributed by atoms with van der Waals surface area (Å²) in [5, 5.41) is 19.5. The number of phenolic OH excluding ortho intramolecular Hbond substituents is 1. The van der Waals surface area contributed by atoms with Gasteiger partial charge in [-0.1, -0.05) is 84.4 Å². The lowest BCUT2D eigenvalue weighted by Gasteiger charge is -2.55. The number of allylic oxidation sites excluding steroid dienone is 4. The van der Waals surface area contributed by atoms with Crippen molar-refractivity contribution in [1.82, 2.24) is 0 Å². The Kier molecular flexibility index (Phi) is 8.88. The number of ketones is 2. The Morgan fingerprint density at radius 2 is 1.37 bits per heavy atom. The SMILES string of the molecule is CN(C)c1ccc(N=Nc2ccc(N3C(=O)[C@H]4[C@H](CC=C5[C@H]4C[C@H]4C(=O)C(c6ccccc6)=CC(=O)[C@@]4(c4ccccc4)[C@H]5c4cccc(O)c4)C3=O)cc2)cc1. The Bertz CT molecular complexity index is 2510. The van der Waals surface area contributed by atoms with Crippen molar-refractivity contribution in [2.75, 3.05) is 23.9 Å². The third-order valence-electron chi connectivity index (χ3n) is 12.3. The van der Waals surface area contributed by atoms with E-state index in [1.165, 1.54) is 11.0 Å². The van der Waals surface area contributed by atoms with E-state index in [0.29, 0.717) is 45.7 Å². The van der Waals surface area contributed by atoms with Gasteiger partial charge in [-0.3, -0.25) is 24.1 Å². The molecule has 1 N–H and O–H groups in total. The minimum Gasteiger partial charge on any atom is -0.508 e. The molecule has 5 aromatic carbocycles. The maximum absolute atomic E-state index is 15.1. The molecule has 4 aliphatic rings. The van der Waals surface area contributed by atoms with Crippen LogP contribution in [0.25, 0.3) is 5.57 Å². The van der Waals surface area contributed by atoms with E-state index in [9.17, 15) is 14.7 Å². The zero-order valence-electron chi connectivity index (χ0n) is 31.5. The molecule has 9 heteroatoms. The molecule has 5 aromatic rings. The molecule has 57 heavy (non-hydrogen) atoms. The molecule has 0 bridgehead atoms. The number of phenols is 1. The molecule has 1 aliphatic heterocycles. The van der Waals surface area contributed by atoms with E-state index in [4.69, 9.17) is 0 Å². The normalized spacial score (nSPS) is 25.4. The van der Waals surface area contributed by atoms with Crippen molar-refractivity contribution in [3.63, 3.8) is 0 Å². The van der Waals surface area contributed by atoms with Crippen LogP contribution in [-0.2, 0) is 24.6 Å². The van der Waals surface area contributed by atoms with Gasteiger partial charge < -0.3 is 10.0 Å². The Balaban J connectivity index is 1.11. The van der Waals surface area contributed by atoms with Gasteiger partial charge in [0.05, 0.1) is 34.3 Å². The Morgan fingerprint density at radius 1 is 0.719 bits per heavy atom. The fourth-order valence-electron chi connectivity index (χ4n) is 9.81. The molecule has 0 radical (unpaired) electrons. The number of hydrogen-bond acceptors (Lipinski definition) is 8. The number of imide groups is 1. The van der Waals surface area contributed by atoms with E-state index < -0.39 is 35.0 Å². The van der Waals surface area contributed by atoms with Crippen molar-refractivity contribution in [3.05, 3.63) is 168 Å². The van der Waals surface area contributed by atoms with E-state index in [1.807, 2.05) is 116 Å². The highest BCUT2D eigenvalue weighted by molar-refractivity contribution is 6.32. The van der Waals surface area contributed by atoms with Crippen molar-refractivity contribution < 1.29 is 24.3 Å². The smallest absolute Gasteiger partial charge is 0.238 e. The quantitative estimate of drug-likeness (QED) is 0.101. The number of carbonyl (C=O) groups is 4. The molecular formula is C48H40N4O5. The summed E-state index contributed by atoms with van der Waals surface area (Å²) in [5.74, 6) is -4.42. The van der Waals surface area contributed by atoms with Crippen LogP contribution >= 0.6 is 0 Å². The number of anilines is 2. The first-order chi connectivity index (χ1) is 27.7. The Morgan fingerprint density at radius 3 is 2.02 bits per heavy atom. The molecule has 0 aromatic heterocycles. The summed E-state index contributed by atoms with van der Waals surface area (Å²) < 4.78 is 0. The summed E-state index contributed by atoms with van der Waals surface area (Å²) >= 11 is 0. The van der Waals surface area contributed by atoms with Gasteiger partial charge in [0, 0.05) is 37.2 Å². The third kappa shape index (κ3) is 5.84. The lowest BCUT2D eigenvalue weighted by molar-refractivity contribution is -0.135. The standard InChI is InChI=1S/C48H40N4O5/c1-51(2)34-20-16-32(17-21-34)49-50-33-18-22-35(23-19-33)52-46(56)38-25-24-37-40(43(38)47(52)57)27-41-45(55)39(29-10-5-3-6-11-29)28-42(54)48(41,31-13-7-4-8-14-31)44(37)30-12-9-15-36(53)26-30/h3-24,26,28,38,40-41,43-44,53H,25,27H2,1-2H3/t38-,40+,41-,43-,44-,48-/m0/s1. The van der Waals surface area contributed by atoms with Gasteiger partial charge in [-0.15, -0.1) is 0 Å². The maximum Gasteiger partial charge on any atom is 0.238 e. The highest BCUT2D eigenvalue weighted by Crippen LogP contribution is 2.64. The molecule has 9 rings (SSSR count). The van der Waals surface area contributed by atoms with Crippen LogP contribution < -0.4 is 9.80 Å². The minimum absolute atomic E-state index is 0.0299. The molecule has 282 valence electrons. The zero-order valence-corrected chi connectivity index (χ0v) is 31.5. The third-order valence-corrected chi connectivity index (χ3v) is 12.3. The second-order valence-electron chi connectivity index (χ2n) is 15.5. The van der Waals surface area contributed by atoms with Gasteiger partial charge >= 0.3 is 0 Å². The van der Waals surface area contributed by atoms with E-state index in [-0.39, 0.29) is 35.6 Å². The second kappa shape index (κ2) is 14.1. The van der Waals surface area contributed by atoms with Gasteiger partial charge in [-0.2, -0.15) is 10.2 Å². The number of carbonyl (C=O) groups excluding carboxylic acids is 4. The molecule has 6 atom stereocenters. The van der Waals surface area contributed by atoms with Gasteiger partial charge in [-0.25, -0.2) is 0 Å². The molecule has 0 spiro atoms. The van der Waals surface area contributed by atoms with Crippen molar-refractivity contribution in [2.45, 2.75) is 24.2 Å². The van der Waals surface area contributed by atoms with E-state index in [0.717, 1.165) is 11.3 Å². The van der Waals surface area contributed by atoms with Gasteiger partial charge in [0.2, 0.25) is 11.8 Å². The molecule has 1 heterocycles. The van der Waals surface area contributed by atoms with Gasteiger partial charge in [-0.05, 0) is 102 Å². The van der Waals surface area contributed by atoms with Gasteiger partial charge in [0.15, 0.2) is 11.6 Å². The zero-order chi connectivity index (χ0) is 39.4. The Labute approximate surface area is 330 Å². The van der Waals surface area contributed by atoms with Crippen LogP contribution in [0.1, 0.15) is 35.4 Å². The number of Topliss-reactive ketones (excluding diaryl/α,β-unsaturated/α-hetero) is 1. The Hall–Kier alpha value is -6.74. The van der Waals surface area contributed by atoms with E-state index in [1.54, 1.807) is 42.5 Å². The number of aromatic hydroxyl groups is 1. The monoisotopic (exact) mass is 752 g/mol. The number of amides is 2. The van der Waals surface area contributed by atoms with Crippen LogP contribution in [0.3, 0.4) is 0 Å². The van der Waals surface area contributed by atoms with E-state index in [2.05, 4.69) is 10.2 Å². The summed E-state index contributed by atoms with van der Waals surface area (Å²) in [7, 11) is 3.94. The molecule has 2 fully saturated rings. The number of rotatable bonds is 7. The predicted octanol–water partition coefficient (Wildman–Crippen LogP) is 8.90. The molecule has 0 unspecified atom stereocenters. The average molecular weight is 753 g/mol. The van der Waals surface area contributed by atoms with Gasteiger partial charge in [0.1, 0.15) is 5.75 Å². The van der Waals surface area contributed by atoms with Crippen molar-refractivity contribution in [2.24, 2.45) is 33.9 Å². The number of benzene rings is 5. The predicted molar refractivity (Wildman–Crippen MR) is 219 cm³/mol. The van der Waals surface area contributed by atoms with Crippen LogP contribution in [0, 0.1) is 23.7 Å². The first-order valence-corrected chi connectivity index (χ1v) is 19.2. The minimum atomic E-state index is -1.36. The highest BCUT2D eigenvalue weighted by Gasteiger charge is 2.66.